The van der Waals surface area contributed by atoms with E-state index in [0.29, 0.717) is 13.0 Å². The van der Waals surface area contributed by atoms with Crippen LogP contribution < -0.4 is 0 Å². The Bertz CT molecular complexity index is 254. The summed E-state index contributed by atoms with van der Waals surface area (Å²) < 4.78 is 10.6. The summed E-state index contributed by atoms with van der Waals surface area (Å²) in [6.07, 6.45) is 7.77. The molecule has 0 aromatic rings. The first kappa shape index (κ1) is 12.8. The standard InChI is InChI=1S/C13H22O4/c14-12(15)13(10-17-13)7-3-4-8-16-9-11-5-1-2-6-11/h11H,1-10H2,(H,14,15). The number of hydrogen-bond donors (Lipinski definition) is 1. The molecule has 1 saturated carbocycles. The average molecular weight is 242 g/mol. The number of rotatable bonds is 8. The van der Waals surface area contributed by atoms with E-state index in [9.17, 15) is 4.79 Å². The van der Waals surface area contributed by atoms with Crippen LogP contribution in [0.5, 0.6) is 0 Å². The molecular weight excluding hydrogens is 220 g/mol. The lowest BCUT2D eigenvalue weighted by atomic mass is 10.0. The van der Waals surface area contributed by atoms with Crippen LogP contribution in [0.4, 0.5) is 0 Å². The van der Waals surface area contributed by atoms with Crippen molar-refractivity contribution >= 4 is 5.97 Å². The molecule has 1 aliphatic carbocycles. The molecule has 1 heterocycles. The first-order chi connectivity index (χ1) is 8.23. The number of aliphatic carboxylic acids is 1. The molecule has 1 aliphatic heterocycles. The third-order valence-electron chi connectivity index (χ3n) is 3.83. The van der Waals surface area contributed by atoms with Gasteiger partial charge in [-0.2, -0.15) is 0 Å². The summed E-state index contributed by atoms with van der Waals surface area (Å²) in [6.45, 7) is 2.03. The van der Waals surface area contributed by atoms with Crippen molar-refractivity contribution in [1.82, 2.24) is 0 Å². The van der Waals surface area contributed by atoms with E-state index in [-0.39, 0.29) is 0 Å². The van der Waals surface area contributed by atoms with Gasteiger partial charge in [0, 0.05) is 13.2 Å². The second-order valence-electron chi connectivity index (χ2n) is 5.27. The maximum Gasteiger partial charge on any atom is 0.338 e. The predicted molar refractivity (Wildman–Crippen MR) is 62.9 cm³/mol. The minimum Gasteiger partial charge on any atom is -0.479 e. The zero-order valence-corrected chi connectivity index (χ0v) is 10.3. The van der Waals surface area contributed by atoms with Gasteiger partial charge in [0.25, 0.3) is 0 Å². The Hall–Kier alpha value is -0.610. The topological polar surface area (TPSA) is 59.1 Å². The molecule has 0 radical (unpaired) electrons. The summed E-state index contributed by atoms with van der Waals surface area (Å²) in [7, 11) is 0. The van der Waals surface area contributed by atoms with E-state index in [1.54, 1.807) is 0 Å². The van der Waals surface area contributed by atoms with Crippen molar-refractivity contribution in [1.29, 1.82) is 0 Å². The number of ether oxygens (including phenoxy) is 2. The molecule has 1 saturated heterocycles. The maximum atomic E-state index is 10.8. The fraction of sp³-hybridized carbons (Fsp3) is 0.923. The third-order valence-corrected chi connectivity index (χ3v) is 3.83. The van der Waals surface area contributed by atoms with Crippen LogP contribution in [0.3, 0.4) is 0 Å². The van der Waals surface area contributed by atoms with Gasteiger partial charge in [0.05, 0.1) is 6.61 Å². The van der Waals surface area contributed by atoms with Crippen LogP contribution in [-0.2, 0) is 14.3 Å². The van der Waals surface area contributed by atoms with Crippen LogP contribution >= 0.6 is 0 Å². The molecule has 4 nitrogen and oxygen atoms in total. The van der Waals surface area contributed by atoms with E-state index in [1.807, 2.05) is 0 Å². The van der Waals surface area contributed by atoms with E-state index in [2.05, 4.69) is 0 Å². The molecule has 0 amide bonds. The Morgan fingerprint density at radius 3 is 2.65 bits per heavy atom. The minimum atomic E-state index is -0.842. The lowest BCUT2D eigenvalue weighted by molar-refractivity contribution is -0.143. The summed E-state index contributed by atoms with van der Waals surface area (Å²) in [4.78, 5) is 10.8. The molecule has 0 bridgehead atoms. The largest absolute Gasteiger partial charge is 0.479 e. The van der Waals surface area contributed by atoms with Crippen molar-refractivity contribution < 1.29 is 19.4 Å². The monoisotopic (exact) mass is 242 g/mol. The van der Waals surface area contributed by atoms with Gasteiger partial charge >= 0.3 is 5.97 Å². The zero-order chi connectivity index (χ0) is 12.1. The quantitative estimate of drug-likeness (QED) is 0.523. The molecule has 2 aliphatic rings. The van der Waals surface area contributed by atoms with E-state index in [0.717, 1.165) is 32.0 Å². The third kappa shape index (κ3) is 3.68. The number of unbranched alkanes of at least 4 members (excludes halogenated alkanes) is 1. The highest BCUT2D eigenvalue weighted by molar-refractivity contribution is 5.80. The molecule has 1 N–H and O–H groups in total. The van der Waals surface area contributed by atoms with Crippen LogP contribution in [-0.4, -0.2) is 36.5 Å². The molecule has 2 fully saturated rings. The minimum absolute atomic E-state index is 0.380. The Kier molecular flexibility index (Phi) is 4.40. The van der Waals surface area contributed by atoms with Crippen molar-refractivity contribution in [2.75, 3.05) is 19.8 Å². The van der Waals surface area contributed by atoms with Crippen LogP contribution in [0.25, 0.3) is 0 Å². The Morgan fingerprint density at radius 2 is 2.06 bits per heavy atom. The molecule has 17 heavy (non-hydrogen) atoms. The van der Waals surface area contributed by atoms with Crippen LogP contribution in [0.2, 0.25) is 0 Å². The Morgan fingerprint density at radius 1 is 1.35 bits per heavy atom. The smallest absolute Gasteiger partial charge is 0.338 e. The molecule has 98 valence electrons. The second-order valence-corrected chi connectivity index (χ2v) is 5.27. The van der Waals surface area contributed by atoms with Crippen molar-refractivity contribution in [3.63, 3.8) is 0 Å². The normalized spacial score (nSPS) is 28.5. The highest BCUT2D eigenvalue weighted by atomic mass is 16.6. The number of hydrogen-bond acceptors (Lipinski definition) is 3. The van der Waals surface area contributed by atoms with Gasteiger partial charge in [0.1, 0.15) is 0 Å². The van der Waals surface area contributed by atoms with Crippen molar-refractivity contribution in [3.8, 4) is 0 Å². The number of carboxylic acids is 1. The SMILES string of the molecule is O=C(O)C1(CCCCOCC2CCCC2)CO1. The van der Waals surface area contributed by atoms with Gasteiger partial charge in [-0.25, -0.2) is 4.79 Å². The zero-order valence-electron chi connectivity index (χ0n) is 10.3. The summed E-state index contributed by atoms with van der Waals surface area (Å²) >= 11 is 0. The molecule has 0 aromatic carbocycles. The van der Waals surface area contributed by atoms with Crippen molar-refractivity contribution in [3.05, 3.63) is 0 Å². The van der Waals surface area contributed by atoms with E-state index < -0.39 is 11.6 Å². The first-order valence-corrected chi connectivity index (χ1v) is 6.68. The molecular formula is C13H22O4. The van der Waals surface area contributed by atoms with Gasteiger partial charge in [-0.05, 0) is 38.0 Å². The summed E-state index contributed by atoms with van der Waals surface area (Å²) in [6, 6.07) is 0. The fourth-order valence-corrected chi connectivity index (χ4v) is 2.50. The summed E-state index contributed by atoms with van der Waals surface area (Å²) in [5.41, 5.74) is -0.842. The Balaban J connectivity index is 1.45. The summed E-state index contributed by atoms with van der Waals surface area (Å²) in [5.74, 6) is -0.0449. The second kappa shape index (κ2) is 5.83. The van der Waals surface area contributed by atoms with Crippen LogP contribution in [0.15, 0.2) is 0 Å². The Labute approximate surface area is 102 Å². The van der Waals surface area contributed by atoms with Gasteiger partial charge in [-0.15, -0.1) is 0 Å². The van der Waals surface area contributed by atoms with Gasteiger partial charge < -0.3 is 14.6 Å². The first-order valence-electron chi connectivity index (χ1n) is 6.68. The van der Waals surface area contributed by atoms with E-state index >= 15 is 0 Å². The van der Waals surface area contributed by atoms with Crippen molar-refractivity contribution in [2.24, 2.45) is 5.92 Å². The summed E-state index contributed by atoms with van der Waals surface area (Å²) in [5, 5.41) is 8.89. The maximum absolute atomic E-state index is 10.8. The van der Waals surface area contributed by atoms with Gasteiger partial charge in [0.15, 0.2) is 5.60 Å². The molecule has 0 aromatic heterocycles. The number of carbonyl (C=O) groups is 1. The molecule has 4 heteroatoms. The van der Waals surface area contributed by atoms with E-state index in [4.69, 9.17) is 14.6 Å². The van der Waals surface area contributed by atoms with Gasteiger partial charge in [-0.1, -0.05) is 12.8 Å². The van der Waals surface area contributed by atoms with Gasteiger partial charge in [0.2, 0.25) is 0 Å². The fourth-order valence-electron chi connectivity index (χ4n) is 2.50. The lowest BCUT2D eigenvalue weighted by Gasteiger charge is -2.10. The van der Waals surface area contributed by atoms with Crippen molar-refractivity contribution in [2.45, 2.75) is 50.5 Å². The average Bonchev–Trinajstić information content (AvgIpc) is 2.92. The molecule has 1 unspecified atom stereocenters. The van der Waals surface area contributed by atoms with Crippen LogP contribution in [0, 0.1) is 5.92 Å². The lowest BCUT2D eigenvalue weighted by Crippen LogP contribution is -2.23. The highest BCUT2D eigenvalue weighted by Crippen LogP contribution is 2.32. The number of carboxylic acid groups (broad SMARTS) is 1. The van der Waals surface area contributed by atoms with Gasteiger partial charge in [-0.3, -0.25) is 0 Å². The van der Waals surface area contributed by atoms with E-state index in [1.165, 1.54) is 25.7 Å². The molecule has 2 rings (SSSR count). The highest BCUT2D eigenvalue weighted by Gasteiger charge is 2.51. The number of epoxide rings is 1. The van der Waals surface area contributed by atoms with Crippen LogP contribution in [0.1, 0.15) is 44.9 Å². The molecule has 1 atom stereocenters. The molecule has 0 spiro atoms. The predicted octanol–water partition coefficient (Wildman–Crippen LogP) is 2.22.